The zero-order valence-corrected chi connectivity index (χ0v) is 12.9. The molecule has 1 heterocycles. The van der Waals surface area contributed by atoms with Gasteiger partial charge in [-0.1, -0.05) is 48.3 Å². The summed E-state index contributed by atoms with van der Waals surface area (Å²) in [7, 11) is 0. The van der Waals surface area contributed by atoms with E-state index in [1.807, 2.05) is 24.3 Å². The Morgan fingerprint density at radius 2 is 2.15 bits per heavy atom. The number of halogens is 1. The predicted octanol–water partition coefficient (Wildman–Crippen LogP) is 3.72. The molecule has 0 saturated heterocycles. The number of hydrogen-bond acceptors (Lipinski definition) is 4. The fraction of sp³-hybridized carbons (Fsp3) is 0.533. The smallest absolute Gasteiger partial charge is 0.157 e. The Bertz CT molecular complexity index is 495. The van der Waals surface area contributed by atoms with Crippen LogP contribution in [-0.2, 0) is 0 Å². The number of ether oxygens (including phenoxy) is 1. The first-order chi connectivity index (χ1) is 9.83. The fourth-order valence-corrected chi connectivity index (χ4v) is 3.71. The molecular formula is C15H19ClN2OS. The maximum atomic E-state index is 6.05. The summed E-state index contributed by atoms with van der Waals surface area (Å²) < 4.78 is 5.68. The predicted molar refractivity (Wildman–Crippen MR) is 86.0 cm³/mol. The molecule has 0 aromatic heterocycles. The minimum atomic E-state index is 0.510. The minimum absolute atomic E-state index is 0.510. The average molecular weight is 311 g/mol. The molecule has 1 saturated carbocycles. The number of nitrogens with one attached hydrogen (secondary N) is 1. The second-order valence-corrected chi connectivity index (χ2v) is 6.66. The maximum absolute atomic E-state index is 6.05. The Morgan fingerprint density at radius 3 is 3.00 bits per heavy atom. The molecule has 0 spiro atoms. The summed E-state index contributed by atoms with van der Waals surface area (Å²) >= 11 is 7.79. The van der Waals surface area contributed by atoms with E-state index in [0.29, 0.717) is 23.7 Å². The summed E-state index contributed by atoms with van der Waals surface area (Å²) in [5.41, 5.74) is 0. The standard InChI is InChI=1S/C15H19ClN2OS/c16-11-5-1-4-8-14(11)19-9-10-20-15-17-12-6-2-3-7-13(12)18-15/h1,4-5,8,12-13H,2-3,6-7,9-10H2,(H,17,18)/t12-,13+. The van der Waals surface area contributed by atoms with Gasteiger partial charge < -0.3 is 10.1 Å². The zero-order chi connectivity index (χ0) is 13.8. The van der Waals surface area contributed by atoms with Crippen molar-refractivity contribution in [2.24, 2.45) is 4.99 Å². The summed E-state index contributed by atoms with van der Waals surface area (Å²) in [6, 6.07) is 8.67. The van der Waals surface area contributed by atoms with E-state index < -0.39 is 0 Å². The number of benzene rings is 1. The third-order valence-electron chi connectivity index (χ3n) is 3.74. The van der Waals surface area contributed by atoms with Crippen molar-refractivity contribution < 1.29 is 4.74 Å². The Balaban J connectivity index is 1.41. The van der Waals surface area contributed by atoms with E-state index in [4.69, 9.17) is 21.3 Å². The van der Waals surface area contributed by atoms with Crippen LogP contribution in [0.25, 0.3) is 0 Å². The summed E-state index contributed by atoms with van der Waals surface area (Å²) in [5, 5.41) is 5.29. The van der Waals surface area contributed by atoms with Crippen molar-refractivity contribution in [1.82, 2.24) is 5.32 Å². The third-order valence-corrected chi connectivity index (χ3v) is 4.92. The van der Waals surface area contributed by atoms with Crippen LogP contribution < -0.4 is 10.1 Å². The van der Waals surface area contributed by atoms with Crippen molar-refractivity contribution >= 4 is 28.5 Å². The van der Waals surface area contributed by atoms with E-state index in [-0.39, 0.29) is 0 Å². The van der Waals surface area contributed by atoms with E-state index >= 15 is 0 Å². The van der Waals surface area contributed by atoms with Gasteiger partial charge >= 0.3 is 0 Å². The summed E-state index contributed by atoms with van der Waals surface area (Å²) in [6.07, 6.45) is 5.14. The molecule has 20 heavy (non-hydrogen) atoms. The van der Waals surface area contributed by atoms with Gasteiger partial charge in [-0.2, -0.15) is 0 Å². The normalized spacial score (nSPS) is 24.8. The Morgan fingerprint density at radius 1 is 1.30 bits per heavy atom. The van der Waals surface area contributed by atoms with E-state index in [2.05, 4.69) is 5.32 Å². The van der Waals surface area contributed by atoms with Crippen LogP contribution in [0.4, 0.5) is 0 Å². The summed E-state index contributed by atoms with van der Waals surface area (Å²) in [6.45, 7) is 0.643. The largest absolute Gasteiger partial charge is 0.491 e. The third kappa shape index (κ3) is 3.41. The van der Waals surface area contributed by atoms with Gasteiger partial charge in [0.15, 0.2) is 5.17 Å². The molecular weight excluding hydrogens is 292 g/mol. The van der Waals surface area contributed by atoms with Crippen LogP contribution in [0, 0.1) is 0 Å². The highest BCUT2D eigenvalue weighted by atomic mass is 35.5. The number of thioether (sulfide) groups is 1. The molecule has 0 bridgehead atoms. The van der Waals surface area contributed by atoms with Gasteiger partial charge in [0.1, 0.15) is 5.75 Å². The molecule has 3 rings (SSSR count). The molecule has 1 aromatic carbocycles. The van der Waals surface area contributed by atoms with Crippen LogP contribution in [0.2, 0.25) is 5.02 Å². The molecule has 0 amide bonds. The molecule has 2 aliphatic rings. The average Bonchev–Trinajstić information content (AvgIpc) is 2.88. The van der Waals surface area contributed by atoms with Crippen LogP contribution in [0.5, 0.6) is 5.75 Å². The Kier molecular flexibility index (Phi) is 4.73. The van der Waals surface area contributed by atoms with Crippen molar-refractivity contribution in [2.75, 3.05) is 12.4 Å². The second kappa shape index (κ2) is 6.72. The number of fused-ring (bicyclic) bond motifs is 1. The first-order valence-corrected chi connectivity index (χ1v) is 8.54. The van der Waals surface area contributed by atoms with Crippen LogP contribution in [-0.4, -0.2) is 29.6 Å². The van der Waals surface area contributed by atoms with Crippen LogP contribution in [0.15, 0.2) is 29.3 Å². The number of aliphatic imine (C=N–C) groups is 1. The summed E-state index contributed by atoms with van der Waals surface area (Å²) in [5.74, 6) is 1.64. The molecule has 1 N–H and O–H groups in total. The van der Waals surface area contributed by atoms with Gasteiger partial charge in [-0.25, -0.2) is 0 Å². The number of nitrogens with zero attached hydrogens (tertiary/aromatic N) is 1. The number of amidine groups is 1. The highest BCUT2D eigenvalue weighted by Crippen LogP contribution is 2.27. The van der Waals surface area contributed by atoms with Crippen LogP contribution in [0.3, 0.4) is 0 Å². The van der Waals surface area contributed by atoms with E-state index in [1.54, 1.807) is 11.8 Å². The van der Waals surface area contributed by atoms with E-state index in [1.165, 1.54) is 25.7 Å². The first kappa shape index (κ1) is 14.1. The quantitative estimate of drug-likeness (QED) is 0.861. The molecule has 5 heteroatoms. The molecule has 1 fully saturated rings. The second-order valence-electron chi connectivity index (χ2n) is 5.16. The monoisotopic (exact) mass is 310 g/mol. The lowest BCUT2D eigenvalue weighted by Crippen LogP contribution is -2.36. The van der Waals surface area contributed by atoms with Crippen molar-refractivity contribution in [1.29, 1.82) is 0 Å². The molecule has 2 atom stereocenters. The van der Waals surface area contributed by atoms with Gasteiger partial charge in [0.25, 0.3) is 0 Å². The molecule has 1 aliphatic heterocycles. The van der Waals surface area contributed by atoms with Crippen LogP contribution in [0.1, 0.15) is 25.7 Å². The Labute approximate surface area is 129 Å². The minimum Gasteiger partial charge on any atom is -0.491 e. The fourth-order valence-electron chi connectivity index (χ4n) is 2.71. The molecule has 108 valence electrons. The van der Waals surface area contributed by atoms with Gasteiger partial charge in [-0.3, -0.25) is 4.99 Å². The molecule has 0 radical (unpaired) electrons. The van der Waals surface area contributed by atoms with Crippen molar-refractivity contribution in [3.05, 3.63) is 29.3 Å². The number of hydrogen-bond donors (Lipinski definition) is 1. The number of rotatable bonds is 4. The molecule has 3 nitrogen and oxygen atoms in total. The maximum Gasteiger partial charge on any atom is 0.157 e. The SMILES string of the molecule is Clc1ccccc1OCCSC1=N[C@@H]2CCCC[C@@H]2N1. The van der Waals surface area contributed by atoms with Crippen molar-refractivity contribution in [3.8, 4) is 5.75 Å². The lowest BCUT2D eigenvalue weighted by molar-refractivity contribution is 0.344. The zero-order valence-electron chi connectivity index (χ0n) is 11.3. The molecule has 1 aromatic rings. The molecule has 1 aliphatic carbocycles. The van der Waals surface area contributed by atoms with Crippen molar-refractivity contribution in [3.63, 3.8) is 0 Å². The summed E-state index contributed by atoms with van der Waals surface area (Å²) in [4.78, 5) is 4.76. The van der Waals surface area contributed by atoms with Gasteiger partial charge in [-0.15, -0.1) is 0 Å². The lowest BCUT2D eigenvalue weighted by atomic mass is 9.92. The Hall–Kier alpha value is -0.870. The van der Waals surface area contributed by atoms with Crippen LogP contribution >= 0.6 is 23.4 Å². The van der Waals surface area contributed by atoms with Gasteiger partial charge in [-0.05, 0) is 25.0 Å². The van der Waals surface area contributed by atoms with Gasteiger partial charge in [0, 0.05) is 5.75 Å². The lowest BCUT2D eigenvalue weighted by Gasteiger charge is -2.23. The highest BCUT2D eigenvalue weighted by Gasteiger charge is 2.30. The van der Waals surface area contributed by atoms with E-state index in [9.17, 15) is 0 Å². The van der Waals surface area contributed by atoms with Gasteiger partial charge in [0.2, 0.25) is 0 Å². The number of para-hydroxylation sites is 1. The molecule has 0 unspecified atom stereocenters. The van der Waals surface area contributed by atoms with Crippen molar-refractivity contribution in [2.45, 2.75) is 37.8 Å². The van der Waals surface area contributed by atoms with E-state index in [0.717, 1.165) is 16.7 Å². The first-order valence-electron chi connectivity index (χ1n) is 7.17. The van der Waals surface area contributed by atoms with Gasteiger partial charge in [0.05, 0.1) is 23.7 Å². The topological polar surface area (TPSA) is 33.6 Å². The highest BCUT2D eigenvalue weighted by molar-refractivity contribution is 8.13.